The fourth-order valence-electron chi connectivity index (χ4n) is 2.03. The van der Waals surface area contributed by atoms with Gasteiger partial charge in [0.1, 0.15) is 23.0 Å². The van der Waals surface area contributed by atoms with Crippen molar-refractivity contribution in [2.24, 2.45) is 0 Å². The molecule has 2 heterocycles. The SMILES string of the molecule is Cc1nc(Cl)c2nc(C)n(-c3ccc(F)cc3)c2n1. The number of rotatable bonds is 1. The summed E-state index contributed by atoms with van der Waals surface area (Å²) in [6.45, 7) is 3.61. The summed E-state index contributed by atoms with van der Waals surface area (Å²) in [5.41, 5.74) is 1.96. The first-order chi connectivity index (χ1) is 9.06. The van der Waals surface area contributed by atoms with Gasteiger partial charge in [-0.3, -0.25) is 4.57 Å². The molecule has 4 nitrogen and oxygen atoms in total. The van der Waals surface area contributed by atoms with Crippen molar-refractivity contribution in [1.29, 1.82) is 0 Å². The van der Waals surface area contributed by atoms with Crippen molar-refractivity contribution in [3.63, 3.8) is 0 Å². The maximum absolute atomic E-state index is 13.0. The minimum Gasteiger partial charge on any atom is -0.281 e. The molecule has 0 radical (unpaired) electrons. The molecule has 6 heteroatoms. The quantitative estimate of drug-likeness (QED) is 0.641. The summed E-state index contributed by atoms with van der Waals surface area (Å²) in [5.74, 6) is 1.01. The van der Waals surface area contributed by atoms with E-state index in [0.717, 1.165) is 11.5 Å². The lowest BCUT2D eigenvalue weighted by molar-refractivity contribution is 0.627. The van der Waals surface area contributed by atoms with E-state index in [4.69, 9.17) is 11.6 Å². The highest BCUT2D eigenvalue weighted by Crippen LogP contribution is 2.24. The van der Waals surface area contributed by atoms with E-state index < -0.39 is 0 Å². The zero-order valence-corrected chi connectivity index (χ0v) is 11.1. The Morgan fingerprint density at radius 3 is 2.42 bits per heavy atom. The van der Waals surface area contributed by atoms with Crippen molar-refractivity contribution < 1.29 is 4.39 Å². The Morgan fingerprint density at radius 1 is 1.05 bits per heavy atom. The van der Waals surface area contributed by atoms with Crippen LogP contribution in [0.1, 0.15) is 11.6 Å². The fourth-order valence-corrected chi connectivity index (χ4v) is 2.28. The summed E-state index contributed by atoms with van der Waals surface area (Å²) in [4.78, 5) is 12.8. The maximum Gasteiger partial charge on any atom is 0.169 e. The number of nitrogens with zero attached hydrogens (tertiary/aromatic N) is 4. The summed E-state index contributed by atoms with van der Waals surface area (Å²) in [7, 11) is 0. The topological polar surface area (TPSA) is 43.6 Å². The Labute approximate surface area is 113 Å². The molecule has 0 aliphatic heterocycles. The van der Waals surface area contributed by atoms with Gasteiger partial charge in [-0.1, -0.05) is 11.6 Å². The van der Waals surface area contributed by atoms with Crippen LogP contribution in [-0.2, 0) is 0 Å². The van der Waals surface area contributed by atoms with Gasteiger partial charge in [-0.25, -0.2) is 19.3 Å². The Balaban J connectivity index is 2.34. The number of hydrogen-bond donors (Lipinski definition) is 0. The molecule has 0 aliphatic carbocycles. The van der Waals surface area contributed by atoms with E-state index in [1.54, 1.807) is 19.1 Å². The van der Waals surface area contributed by atoms with Crippen molar-refractivity contribution in [2.45, 2.75) is 13.8 Å². The Hall–Kier alpha value is -2.01. The lowest BCUT2D eigenvalue weighted by Gasteiger charge is -2.06. The predicted octanol–water partition coefficient (Wildman–Crippen LogP) is 3.22. The van der Waals surface area contributed by atoms with Crippen LogP contribution in [0, 0.1) is 19.7 Å². The van der Waals surface area contributed by atoms with Gasteiger partial charge in [0.05, 0.1) is 0 Å². The van der Waals surface area contributed by atoms with Crippen molar-refractivity contribution in [3.8, 4) is 5.69 Å². The largest absolute Gasteiger partial charge is 0.281 e. The van der Waals surface area contributed by atoms with E-state index in [-0.39, 0.29) is 5.82 Å². The van der Waals surface area contributed by atoms with Crippen LogP contribution in [0.25, 0.3) is 16.9 Å². The molecule has 0 bridgehead atoms. The van der Waals surface area contributed by atoms with Gasteiger partial charge in [0, 0.05) is 5.69 Å². The number of fused-ring (bicyclic) bond motifs is 1. The number of halogens is 2. The number of hydrogen-bond acceptors (Lipinski definition) is 3. The van der Waals surface area contributed by atoms with Crippen LogP contribution in [-0.4, -0.2) is 19.5 Å². The molecule has 0 aliphatic rings. The molecule has 0 atom stereocenters. The molecule has 3 rings (SSSR count). The molecule has 0 fully saturated rings. The van der Waals surface area contributed by atoms with Crippen LogP contribution >= 0.6 is 11.6 Å². The third kappa shape index (κ3) is 1.96. The normalized spacial score (nSPS) is 11.2. The summed E-state index contributed by atoms with van der Waals surface area (Å²) in [6, 6.07) is 6.15. The molecular formula is C13H10ClFN4. The molecule has 1 aromatic carbocycles. The summed E-state index contributed by atoms with van der Waals surface area (Å²) in [5, 5.41) is 0.325. The molecule has 96 valence electrons. The maximum atomic E-state index is 13.0. The third-order valence-electron chi connectivity index (χ3n) is 2.83. The molecule has 0 N–H and O–H groups in total. The van der Waals surface area contributed by atoms with E-state index in [2.05, 4.69) is 15.0 Å². The average molecular weight is 277 g/mol. The second-order valence-corrected chi connectivity index (χ2v) is 4.56. The Kier molecular flexibility index (Phi) is 2.71. The zero-order valence-electron chi connectivity index (χ0n) is 10.4. The van der Waals surface area contributed by atoms with Crippen molar-refractivity contribution in [2.75, 3.05) is 0 Å². The molecular weight excluding hydrogens is 267 g/mol. The van der Waals surface area contributed by atoms with Crippen LogP contribution in [0.15, 0.2) is 24.3 Å². The molecule has 0 amide bonds. The van der Waals surface area contributed by atoms with Crippen molar-refractivity contribution >= 4 is 22.8 Å². The molecule has 0 spiro atoms. The standard InChI is InChI=1S/C13H10ClFN4/c1-7-16-12(14)11-13(17-7)19(8(2)18-11)10-5-3-9(15)4-6-10/h3-6H,1-2H3. The number of imidazole rings is 1. The van der Waals surface area contributed by atoms with E-state index >= 15 is 0 Å². The lowest BCUT2D eigenvalue weighted by Crippen LogP contribution is -1.99. The van der Waals surface area contributed by atoms with E-state index in [1.807, 2.05) is 11.5 Å². The second kappa shape index (κ2) is 4.28. The summed E-state index contributed by atoms with van der Waals surface area (Å²) < 4.78 is 14.8. The van der Waals surface area contributed by atoms with Crippen LogP contribution in [0.3, 0.4) is 0 Å². The summed E-state index contributed by atoms with van der Waals surface area (Å²) in [6.07, 6.45) is 0. The highest BCUT2D eigenvalue weighted by Gasteiger charge is 2.14. The first kappa shape index (κ1) is 12.0. The van der Waals surface area contributed by atoms with Gasteiger partial charge in [0.15, 0.2) is 10.8 Å². The predicted molar refractivity (Wildman–Crippen MR) is 71.1 cm³/mol. The third-order valence-corrected chi connectivity index (χ3v) is 3.09. The molecule has 0 unspecified atom stereocenters. The molecule has 2 aromatic heterocycles. The zero-order chi connectivity index (χ0) is 13.6. The minimum absolute atomic E-state index is 0.283. The molecule has 19 heavy (non-hydrogen) atoms. The van der Waals surface area contributed by atoms with Gasteiger partial charge in [-0.15, -0.1) is 0 Å². The first-order valence-corrected chi connectivity index (χ1v) is 6.09. The van der Waals surface area contributed by atoms with E-state index in [9.17, 15) is 4.39 Å². The van der Waals surface area contributed by atoms with Gasteiger partial charge in [-0.05, 0) is 38.1 Å². The number of aromatic nitrogens is 4. The highest BCUT2D eigenvalue weighted by atomic mass is 35.5. The number of aryl methyl sites for hydroxylation is 2. The minimum atomic E-state index is -0.283. The summed E-state index contributed by atoms with van der Waals surface area (Å²) >= 11 is 6.07. The molecule has 0 saturated heterocycles. The van der Waals surface area contributed by atoms with Crippen molar-refractivity contribution in [3.05, 3.63) is 46.9 Å². The smallest absolute Gasteiger partial charge is 0.169 e. The van der Waals surface area contributed by atoms with E-state index in [1.165, 1.54) is 12.1 Å². The van der Waals surface area contributed by atoms with Gasteiger partial charge < -0.3 is 0 Å². The fraction of sp³-hybridized carbons (Fsp3) is 0.154. The van der Waals surface area contributed by atoms with Crippen LogP contribution in [0.5, 0.6) is 0 Å². The van der Waals surface area contributed by atoms with Crippen LogP contribution in [0.2, 0.25) is 5.15 Å². The Morgan fingerprint density at radius 2 is 1.74 bits per heavy atom. The van der Waals surface area contributed by atoms with Gasteiger partial charge in [-0.2, -0.15) is 0 Å². The van der Waals surface area contributed by atoms with Crippen LogP contribution < -0.4 is 0 Å². The lowest BCUT2D eigenvalue weighted by atomic mass is 10.3. The Bertz CT molecular complexity index is 764. The average Bonchev–Trinajstić information content (AvgIpc) is 2.67. The van der Waals surface area contributed by atoms with Gasteiger partial charge in [0.2, 0.25) is 0 Å². The van der Waals surface area contributed by atoms with E-state index in [0.29, 0.717) is 22.1 Å². The van der Waals surface area contributed by atoms with Gasteiger partial charge >= 0.3 is 0 Å². The molecule has 3 aromatic rings. The second-order valence-electron chi connectivity index (χ2n) is 4.20. The first-order valence-electron chi connectivity index (χ1n) is 5.71. The van der Waals surface area contributed by atoms with Crippen LogP contribution in [0.4, 0.5) is 4.39 Å². The van der Waals surface area contributed by atoms with Crippen molar-refractivity contribution in [1.82, 2.24) is 19.5 Å². The molecule has 0 saturated carbocycles. The van der Waals surface area contributed by atoms with Gasteiger partial charge in [0.25, 0.3) is 0 Å². The number of benzene rings is 1. The highest BCUT2D eigenvalue weighted by molar-refractivity contribution is 6.33. The monoisotopic (exact) mass is 276 g/mol.